The first-order valence-corrected chi connectivity index (χ1v) is 13.7. The molecule has 1 aliphatic heterocycles. The molecule has 10 nitrogen and oxygen atoms in total. The van der Waals surface area contributed by atoms with Gasteiger partial charge < -0.3 is 30.9 Å². The van der Waals surface area contributed by atoms with Crippen LogP contribution in [0.1, 0.15) is 49.0 Å². The van der Waals surface area contributed by atoms with E-state index in [9.17, 15) is 47.0 Å². The molecule has 1 heterocycles. The van der Waals surface area contributed by atoms with Gasteiger partial charge in [0.2, 0.25) is 11.8 Å². The molecule has 0 radical (unpaired) electrons. The second-order valence-electron chi connectivity index (χ2n) is 10.8. The Kier molecular flexibility index (Phi) is 9.58. The van der Waals surface area contributed by atoms with Crippen LogP contribution in [0.25, 0.3) is 0 Å². The number of carbonyl (C=O) groups excluding carboxylic acids is 4. The fraction of sp³-hybridized carbons (Fsp3) is 0.448. The van der Waals surface area contributed by atoms with Crippen molar-refractivity contribution in [1.29, 1.82) is 0 Å². The molecule has 3 amide bonds. The number of hydrogen-bond acceptors (Lipinski definition) is 7. The minimum atomic E-state index is -2.11. The van der Waals surface area contributed by atoms with E-state index in [2.05, 4.69) is 16.0 Å². The molecule has 0 aromatic heterocycles. The highest BCUT2D eigenvalue weighted by molar-refractivity contribution is 6.00. The summed E-state index contributed by atoms with van der Waals surface area (Å²) >= 11 is 0. The number of halogens is 4. The maximum Gasteiger partial charge on any atom is 0.329 e. The molecule has 2 aromatic rings. The van der Waals surface area contributed by atoms with E-state index in [1.165, 1.54) is 38.1 Å². The lowest BCUT2D eigenvalue weighted by atomic mass is 9.79. The number of carbonyl (C=O) groups is 4. The Morgan fingerprint density at radius 3 is 2.30 bits per heavy atom. The number of ether oxygens (including phenoxy) is 1. The highest BCUT2D eigenvalue weighted by atomic mass is 19.2. The molecule has 43 heavy (non-hydrogen) atoms. The SMILES string of the molecule is C[C@H]1OC(=O)C(C2CCC2)NC(=O)[C@H](C)[C@H](O)[C@H](Cc2cc(F)c(F)c(F)c2F)NC(=O)[C@H]1NC(=O)c1ccccc1O. The number of hydrogen-bond donors (Lipinski definition) is 5. The standard InChI is InChI=1S/C29H31F4N3O7/c1-12-25(38)18(11-15-10-17(30)21(32)22(33)20(15)31)34-28(41)23(35-27(40)16-8-3-4-9-19(16)37)13(2)43-29(42)24(36-26(12)39)14-6-5-7-14/h3-4,8-10,12-14,18,23-25,37-38H,5-7,11H2,1-2H3,(H,34,41)(H,35,40)(H,36,39)/t12-,13-,18+,23+,24?,25+/m1/s1. The van der Waals surface area contributed by atoms with Crippen LogP contribution in [0.2, 0.25) is 0 Å². The molecule has 14 heteroatoms. The molecule has 2 fully saturated rings. The minimum absolute atomic E-state index is 0.218. The number of para-hydroxylation sites is 1. The molecule has 1 saturated carbocycles. The number of phenols is 1. The molecule has 5 N–H and O–H groups in total. The van der Waals surface area contributed by atoms with Crippen molar-refractivity contribution in [2.45, 2.75) is 69.9 Å². The van der Waals surface area contributed by atoms with Crippen molar-refractivity contribution in [1.82, 2.24) is 16.0 Å². The summed E-state index contributed by atoms with van der Waals surface area (Å²) in [5.41, 5.74) is -0.967. The van der Waals surface area contributed by atoms with Crippen LogP contribution in [0.4, 0.5) is 17.6 Å². The maximum atomic E-state index is 14.6. The molecule has 1 unspecified atom stereocenters. The van der Waals surface area contributed by atoms with Crippen molar-refractivity contribution >= 4 is 23.7 Å². The second kappa shape index (κ2) is 13.0. The van der Waals surface area contributed by atoms with E-state index < -0.39 is 101 Å². The lowest BCUT2D eigenvalue weighted by Crippen LogP contribution is -2.61. The molecule has 1 saturated heterocycles. The Balaban J connectivity index is 1.73. The predicted molar refractivity (Wildman–Crippen MR) is 141 cm³/mol. The largest absolute Gasteiger partial charge is 0.507 e. The monoisotopic (exact) mass is 609 g/mol. The number of rotatable bonds is 5. The molecule has 2 aromatic carbocycles. The molecule has 0 bridgehead atoms. The first-order valence-electron chi connectivity index (χ1n) is 13.7. The maximum absolute atomic E-state index is 14.6. The average molecular weight is 610 g/mol. The van der Waals surface area contributed by atoms with Crippen LogP contribution in [0.3, 0.4) is 0 Å². The molecular weight excluding hydrogens is 578 g/mol. The fourth-order valence-electron chi connectivity index (χ4n) is 5.07. The van der Waals surface area contributed by atoms with E-state index in [0.717, 1.165) is 6.42 Å². The number of cyclic esters (lactones) is 1. The smallest absolute Gasteiger partial charge is 0.329 e. The van der Waals surface area contributed by atoms with E-state index in [4.69, 9.17) is 4.74 Å². The number of benzene rings is 2. The Hall–Kier alpha value is -4.20. The van der Waals surface area contributed by atoms with Gasteiger partial charge >= 0.3 is 5.97 Å². The Bertz CT molecular complexity index is 1420. The van der Waals surface area contributed by atoms with Crippen LogP contribution in [-0.2, 0) is 25.5 Å². The van der Waals surface area contributed by atoms with Gasteiger partial charge in [-0.05, 0) is 55.9 Å². The van der Waals surface area contributed by atoms with E-state index in [0.29, 0.717) is 18.9 Å². The third-order valence-corrected chi connectivity index (χ3v) is 7.95. The summed E-state index contributed by atoms with van der Waals surface area (Å²) in [6.45, 7) is 2.55. The van der Waals surface area contributed by atoms with Crippen molar-refractivity contribution in [3.63, 3.8) is 0 Å². The molecule has 2 aliphatic rings. The van der Waals surface area contributed by atoms with Crippen LogP contribution in [0, 0.1) is 35.1 Å². The normalized spacial score (nSPS) is 27.1. The van der Waals surface area contributed by atoms with Gasteiger partial charge in [0.15, 0.2) is 23.3 Å². The molecule has 0 spiro atoms. The van der Waals surface area contributed by atoms with Crippen molar-refractivity contribution in [2.24, 2.45) is 11.8 Å². The zero-order valence-electron chi connectivity index (χ0n) is 23.2. The van der Waals surface area contributed by atoms with Crippen LogP contribution < -0.4 is 16.0 Å². The van der Waals surface area contributed by atoms with E-state index >= 15 is 0 Å². The van der Waals surface area contributed by atoms with Crippen molar-refractivity contribution in [3.05, 3.63) is 64.7 Å². The van der Waals surface area contributed by atoms with Gasteiger partial charge in [-0.3, -0.25) is 14.4 Å². The van der Waals surface area contributed by atoms with E-state index in [1.54, 1.807) is 0 Å². The Morgan fingerprint density at radius 1 is 1.00 bits per heavy atom. The van der Waals surface area contributed by atoms with Gasteiger partial charge in [-0.15, -0.1) is 0 Å². The zero-order chi connectivity index (χ0) is 31.6. The van der Waals surface area contributed by atoms with Crippen LogP contribution in [0.5, 0.6) is 5.75 Å². The van der Waals surface area contributed by atoms with Gasteiger partial charge in [-0.2, -0.15) is 0 Å². The molecule has 4 rings (SSSR count). The number of aliphatic hydroxyl groups excluding tert-OH is 1. The van der Waals surface area contributed by atoms with Crippen LogP contribution in [0.15, 0.2) is 30.3 Å². The van der Waals surface area contributed by atoms with Crippen LogP contribution in [-0.4, -0.2) is 64.2 Å². The lowest BCUT2D eigenvalue weighted by molar-refractivity contribution is -0.158. The summed E-state index contributed by atoms with van der Waals surface area (Å²) in [5, 5.41) is 28.6. The topological polar surface area (TPSA) is 154 Å². The fourth-order valence-corrected chi connectivity index (χ4v) is 5.07. The number of aromatic hydroxyl groups is 1. The van der Waals surface area contributed by atoms with Gasteiger partial charge in [-0.1, -0.05) is 25.5 Å². The summed E-state index contributed by atoms with van der Waals surface area (Å²) in [6.07, 6.45) is -2.04. The number of nitrogens with one attached hydrogen (secondary N) is 3. The quantitative estimate of drug-likeness (QED) is 0.150. The van der Waals surface area contributed by atoms with Gasteiger partial charge in [0, 0.05) is 0 Å². The highest BCUT2D eigenvalue weighted by Crippen LogP contribution is 2.31. The average Bonchev–Trinajstić information content (AvgIpc) is 2.94. The van der Waals surface area contributed by atoms with Gasteiger partial charge in [0.1, 0.15) is 23.9 Å². The van der Waals surface area contributed by atoms with Crippen molar-refractivity contribution in [2.75, 3.05) is 0 Å². The lowest BCUT2D eigenvalue weighted by Gasteiger charge is -2.37. The summed E-state index contributed by atoms with van der Waals surface area (Å²) in [6, 6.07) is 1.36. The number of esters is 1. The molecule has 232 valence electrons. The van der Waals surface area contributed by atoms with Gasteiger partial charge in [0.05, 0.1) is 23.6 Å². The van der Waals surface area contributed by atoms with Gasteiger partial charge in [0.25, 0.3) is 5.91 Å². The number of amides is 3. The van der Waals surface area contributed by atoms with Crippen LogP contribution >= 0.6 is 0 Å². The highest BCUT2D eigenvalue weighted by Gasteiger charge is 2.42. The zero-order valence-corrected chi connectivity index (χ0v) is 23.2. The third-order valence-electron chi connectivity index (χ3n) is 7.95. The Morgan fingerprint density at radius 2 is 1.67 bits per heavy atom. The second-order valence-corrected chi connectivity index (χ2v) is 10.8. The summed E-state index contributed by atoms with van der Waals surface area (Å²) < 4.78 is 61.7. The first kappa shape index (κ1) is 31.7. The van der Waals surface area contributed by atoms with Crippen molar-refractivity contribution in [3.8, 4) is 5.75 Å². The number of aliphatic hydroxyl groups is 1. The van der Waals surface area contributed by atoms with E-state index in [-0.39, 0.29) is 11.5 Å². The number of phenolic OH excluding ortho intramolecular Hbond substituents is 1. The molecule has 6 atom stereocenters. The Labute approximate surface area is 243 Å². The summed E-state index contributed by atoms with van der Waals surface area (Å²) in [5.74, 6) is -13.4. The first-order chi connectivity index (χ1) is 20.3. The third kappa shape index (κ3) is 6.74. The summed E-state index contributed by atoms with van der Waals surface area (Å²) in [7, 11) is 0. The minimum Gasteiger partial charge on any atom is -0.507 e. The molecule has 1 aliphatic carbocycles. The summed E-state index contributed by atoms with van der Waals surface area (Å²) in [4.78, 5) is 52.9. The predicted octanol–water partition coefficient (Wildman–Crippen LogP) is 2.00. The van der Waals surface area contributed by atoms with Crippen molar-refractivity contribution < 1.29 is 51.7 Å². The van der Waals surface area contributed by atoms with E-state index in [1.807, 2.05) is 0 Å². The molecular formula is C29H31F4N3O7. The van der Waals surface area contributed by atoms with Gasteiger partial charge in [-0.25, -0.2) is 22.4 Å².